The first-order valence-electron chi connectivity index (χ1n) is 5.28. The summed E-state index contributed by atoms with van der Waals surface area (Å²) in [6, 6.07) is 2.44. The molecule has 0 bridgehead atoms. The van der Waals surface area contributed by atoms with E-state index in [9.17, 15) is 0 Å². The van der Waals surface area contributed by atoms with Crippen molar-refractivity contribution < 1.29 is 4.74 Å². The van der Waals surface area contributed by atoms with Crippen LogP contribution in [0.1, 0.15) is 0 Å². The second-order valence-electron chi connectivity index (χ2n) is 3.95. The van der Waals surface area contributed by atoms with Crippen LogP contribution in [0.5, 0.6) is 0 Å². The number of aryl methyl sites for hydroxylation is 1. The van der Waals surface area contributed by atoms with Crippen LogP contribution in [0.3, 0.4) is 0 Å². The van der Waals surface area contributed by atoms with Gasteiger partial charge in [0, 0.05) is 37.8 Å². The maximum absolute atomic E-state index is 5.43. The topological polar surface area (TPSA) is 51.1 Å². The summed E-state index contributed by atoms with van der Waals surface area (Å²) >= 11 is 0. The lowest BCUT2D eigenvalue weighted by molar-refractivity contribution is 0.184. The summed E-state index contributed by atoms with van der Waals surface area (Å²) in [6.07, 6.45) is 1.93. The quantitative estimate of drug-likeness (QED) is 0.738. The molecule has 1 fully saturated rings. The number of nitrogens with zero attached hydrogens (tertiary/aromatic N) is 2. The van der Waals surface area contributed by atoms with Crippen LogP contribution >= 0.6 is 0 Å². The fourth-order valence-electron chi connectivity index (χ4n) is 1.86. The number of likely N-dealkylation sites (N-methyl/N-ethyl adjacent to an activating group) is 1. The molecule has 0 saturated carbocycles. The van der Waals surface area contributed by atoms with Crippen molar-refractivity contribution in [3.05, 3.63) is 12.3 Å². The molecule has 0 aliphatic carbocycles. The van der Waals surface area contributed by atoms with Gasteiger partial charge in [-0.15, -0.1) is 0 Å². The zero-order chi connectivity index (χ0) is 10.7. The second-order valence-corrected chi connectivity index (χ2v) is 3.95. The zero-order valence-corrected chi connectivity index (χ0v) is 9.23. The monoisotopic (exact) mass is 210 g/mol. The van der Waals surface area contributed by atoms with Gasteiger partial charge in [0.25, 0.3) is 0 Å². The van der Waals surface area contributed by atoms with Gasteiger partial charge in [-0.05, 0) is 7.05 Å². The van der Waals surface area contributed by atoms with Gasteiger partial charge >= 0.3 is 0 Å². The van der Waals surface area contributed by atoms with E-state index in [4.69, 9.17) is 4.74 Å². The largest absolute Gasteiger partial charge is 0.379 e. The summed E-state index contributed by atoms with van der Waals surface area (Å²) < 4.78 is 7.22. The Morgan fingerprint density at radius 1 is 1.60 bits per heavy atom. The van der Waals surface area contributed by atoms with E-state index in [1.54, 1.807) is 4.68 Å². The fraction of sp³-hybridized carbons (Fsp3) is 0.700. The van der Waals surface area contributed by atoms with Gasteiger partial charge in [-0.1, -0.05) is 0 Å². The summed E-state index contributed by atoms with van der Waals surface area (Å²) in [7, 11) is 3.90. The highest BCUT2D eigenvalue weighted by Gasteiger charge is 2.26. The fourth-order valence-corrected chi connectivity index (χ4v) is 1.86. The average Bonchev–Trinajstić information content (AvgIpc) is 2.83. The van der Waals surface area contributed by atoms with E-state index in [1.165, 1.54) is 0 Å². The Hall–Kier alpha value is -1.07. The van der Waals surface area contributed by atoms with Crippen LogP contribution in [0.15, 0.2) is 12.3 Å². The summed E-state index contributed by atoms with van der Waals surface area (Å²) in [4.78, 5) is 0. The number of hydrogen-bond acceptors (Lipinski definition) is 4. The van der Waals surface area contributed by atoms with Crippen LogP contribution in [0.4, 0.5) is 5.82 Å². The lowest BCUT2D eigenvalue weighted by Gasteiger charge is -2.16. The molecule has 0 spiro atoms. The van der Waals surface area contributed by atoms with Crippen molar-refractivity contribution in [2.45, 2.75) is 6.04 Å². The van der Waals surface area contributed by atoms with Gasteiger partial charge in [-0.3, -0.25) is 4.68 Å². The summed E-state index contributed by atoms with van der Waals surface area (Å²) in [5, 5.41) is 10.9. The summed E-state index contributed by atoms with van der Waals surface area (Å²) in [5.41, 5.74) is 0. The molecule has 84 valence electrons. The molecule has 1 aliphatic rings. The number of hydrogen-bond donors (Lipinski definition) is 2. The van der Waals surface area contributed by atoms with E-state index in [0.29, 0.717) is 12.0 Å². The molecule has 2 heterocycles. The highest BCUT2D eigenvalue weighted by atomic mass is 16.5. The Morgan fingerprint density at radius 2 is 2.47 bits per heavy atom. The summed E-state index contributed by atoms with van der Waals surface area (Å²) in [5.74, 6) is 1.45. The average molecular weight is 210 g/mol. The molecule has 1 aromatic rings. The second kappa shape index (κ2) is 4.63. The number of aromatic nitrogens is 2. The molecule has 1 aliphatic heterocycles. The molecule has 5 nitrogen and oxygen atoms in total. The number of ether oxygens (including phenoxy) is 1. The molecule has 15 heavy (non-hydrogen) atoms. The van der Waals surface area contributed by atoms with Crippen molar-refractivity contribution in [1.82, 2.24) is 15.1 Å². The molecule has 2 N–H and O–H groups in total. The predicted molar refractivity (Wildman–Crippen MR) is 58.9 cm³/mol. The Labute approximate surface area is 89.8 Å². The van der Waals surface area contributed by atoms with E-state index in [2.05, 4.69) is 15.7 Å². The van der Waals surface area contributed by atoms with E-state index >= 15 is 0 Å². The molecule has 1 aromatic heterocycles. The first-order chi connectivity index (χ1) is 7.29. The van der Waals surface area contributed by atoms with Crippen LogP contribution in [0.2, 0.25) is 0 Å². The summed E-state index contributed by atoms with van der Waals surface area (Å²) in [6.45, 7) is 2.54. The number of rotatable bonds is 4. The molecule has 5 heteroatoms. The van der Waals surface area contributed by atoms with Crippen LogP contribution in [-0.2, 0) is 11.8 Å². The minimum Gasteiger partial charge on any atom is -0.379 e. The van der Waals surface area contributed by atoms with Crippen LogP contribution < -0.4 is 10.6 Å². The van der Waals surface area contributed by atoms with Gasteiger partial charge in [0.2, 0.25) is 0 Å². The molecule has 0 aromatic carbocycles. The molecule has 2 atom stereocenters. The molecular formula is C10H18N4O. The van der Waals surface area contributed by atoms with Crippen molar-refractivity contribution in [1.29, 1.82) is 0 Å². The maximum Gasteiger partial charge on any atom is 0.147 e. The van der Waals surface area contributed by atoms with Gasteiger partial charge in [-0.25, -0.2) is 0 Å². The SMILES string of the molecule is CNC1COCC1CNc1ccn(C)n1. The van der Waals surface area contributed by atoms with Crippen molar-refractivity contribution in [3.8, 4) is 0 Å². The third-order valence-electron chi connectivity index (χ3n) is 2.83. The normalized spacial score (nSPS) is 25.7. The Balaban J connectivity index is 1.82. The Kier molecular flexibility index (Phi) is 3.23. The van der Waals surface area contributed by atoms with E-state index in [-0.39, 0.29) is 0 Å². The molecule has 1 saturated heterocycles. The van der Waals surface area contributed by atoms with Crippen LogP contribution in [-0.4, -0.2) is 42.6 Å². The van der Waals surface area contributed by atoms with E-state index in [0.717, 1.165) is 25.6 Å². The Bertz CT molecular complexity index is 312. The van der Waals surface area contributed by atoms with E-state index in [1.807, 2.05) is 26.4 Å². The molecule has 2 unspecified atom stereocenters. The standard InChI is InChI=1S/C10H18N4O/c1-11-9-7-15-6-8(9)5-12-10-3-4-14(2)13-10/h3-4,8-9,11H,5-7H2,1-2H3,(H,12,13). The highest BCUT2D eigenvalue weighted by molar-refractivity contribution is 5.32. The van der Waals surface area contributed by atoms with Gasteiger partial charge in [0.15, 0.2) is 0 Å². The van der Waals surface area contributed by atoms with Crippen LogP contribution in [0, 0.1) is 5.92 Å². The predicted octanol–water partition coefficient (Wildman–Crippen LogP) is 0.0664. The lowest BCUT2D eigenvalue weighted by Crippen LogP contribution is -2.36. The van der Waals surface area contributed by atoms with Crippen molar-refractivity contribution in [2.75, 3.05) is 32.1 Å². The third-order valence-corrected chi connectivity index (χ3v) is 2.83. The minimum atomic E-state index is 0.459. The van der Waals surface area contributed by atoms with Crippen molar-refractivity contribution >= 4 is 5.82 Å². The maximum atomic E-state index is 5.43. The molecule has 2 rings (SSSR count). The molecule has 0 radical (unpaired) electrons. The first-order valence-corrected chi connectivity index (χ1v) is 5.28. The zero-order valence-electron chi connectivity index (χ0n) is 9.23. The lowest BCUT2D eigenvalue weighted by atomic mass is 10.0. The number of nitrogens with one attached hydrogen (secondary N) is 2. The van der Waals surface area contributed by atoms with Gasteiger partial charge in [-0.2, -0.15) is 5.10 Å². The van der Waals surface area contributed by atoms with Gasteiger partial charge in [0.05, 0.1) is 13.2 Å². The first kappa shape index (κ1) is 10.4. The molecular weight excluding hydrogens is 192 g/mol. The smallest absolute Gasteiger partial charge is 0.147 e. The van der Waals surface area contributed by atoms with Gasteiger partial charge < -0.3 is 15.4 Å². The third kappa shape index (κ3) is 2.49. The number of anilines is 1. The van der Waals surface area contributed by atoms with Crippen LogP contribution in [0.25, 0.3) is 0 Å². The van der Waals surface area contributed by atoms with E-state index < -0.39 is 0 Å². The Morgan fingerprint density at radius 3 is 3.13 bits per heavy atom. The van der Waals surface area contributed by atoms with Gasteiger partial charge in [0.1, 0.15) is 5.82 Å². The van der Waals surface area contributed by atoms with Crippen molar-refractivity contribution in [2.24, 2.45) is 13.0 Å². The van der Waals surface area contributed by atoms with Crippen molar-refractivity contribution in [3.63, 3.8) is 0 Å². The highest BCUT2D eigenvalue weighted by Crippen LogP contribution is 2.14. The minimum absolute atomic E-state index is 0.459. The molecule has 0 amide bonds.